The van der Waals surface area contributed by atoms with Crippen LogP contribution in [0.1, 0.15) is 77.2 Å². The van der Waals surface area contributed by atoms with Crippen LogP contribution in [-0.2, 0) is 59.2 Å². The van der Waals surface area contributed by atoms with E-state index in [-0.39, 0.29) is 56.0 Å². The van der Waals surface area contributed by atoms with Gasteiger partial charge in [0, 0.05) is 31.6 Å². The van der Waals surface area contributed by atoms with Crippen molar-refractivity contribution in [3.05, 3.63) is 29.8 Å². The van der Waals surface area contributed by atoms with Gasteiger partial charge in [0.05, 0.1) is 13.0 Å². The molecule has 1 aliphatic heterocycles. The van der Waals surface area contributed by atoms with Crippen LogP contribution in [-0.4, -0.2) is 148 Å². The lowest BCUT2D eigenvalue weighted by molar-refractivity contribution is -0.142. The summed E-state index contributed by atoms with van der Waals surface area (Å²) in [5.41, 5.74) is 22.1. The summed E-state index contributed by atoms with van der Waals surface area (Å²) >= 11 is 8.30. The fourth-order valence-electron chi connectivity index (χ4n) is 7.02. The number of amides is 11. The Labute approximate surface area is 404 Å². The molecule has 0 bridgehead atoms. The van der Waals surface area contributed by atoms with E-state index in [0.717, 1.165) is 0 Å². The minimum absolute atomic E-state index is 0.0198. The molecule has 68 heavy (non-hydrogen) atoms. The van der Waals surface area contributed by atoms with Gasteiger partial charge in [0.15, 0.2) is 0 Å². The van der Waals surface area contributed by atoms with Crippen LogP contribution in [0, 0.1) is 5.92 Å². The summed E-state index contributed by atoms with van der Waals surface area (Å²) in [6.45, 7) is 3.17. The number of thiol groups is 2. The van der Waals surface area contributed by atoms with E-state index in [0.29, 0.717) is 24.8 Å². The number of benzene rings is 1. The molecule has 16 N–H and O–H groups in total. The van der Waals surface area contributed by atoms with Gasteiger partial charge in [-0.1, -0.05) is 32.4 Å². The predicted octanol–water partition coefficient (Wildman–Crippen LogP) is -4.39. The Balaban J connectivity index is 2.32. The number of likely N-dealkylation sites (tertiary alicyclic amines) is 1. The number of rotatable bonds is 30. The van der Waals surface area contributed by atoms with E-state index in [2.05, 4.69) is 62.5 Å². The number of phenols is 1. The molecule has 1 aliphatic rings. The molecule has 11 amide bonds. The Morgan fingerprint density at radius 1 is 0.721 bits per heavy atom. The molecule has 1 fully saturated rings. The van der Waals surface area contributed by atoms with E-state index < -0.39 is 139 Å². The molecule has 0 radical (unpaired) electrons. The average Bonchev–Trinajstić information content (AvgIpc) is 3.79. The zero-order chi connectivity index (χ0) is 51.1. The maximum absolute atomic E-state index is 14.0. The van der Waals surface area contributed by atoms with Gasteiger partial charge in [0.1, 0.15) is 48.0 Å². The Hall–Kier alpha value is -6.15. The molecule has 0 aliphatic carbocycles. The molecule has 2 rings (SSSR count). The third-order valence-corrected chi connectivity index (χ3v) is 11.5. The van der Waals surface area contributed by atoms with Crippen molar-refractivity contribution in [3.63, 3.8) is 0 Å². The summed E-state index contributed by atoms with van der Waals surface area (Å²) < 4.78 is 0. The Kier molecular flexibility index (Phi) is 25.2. The van der Waals surface area contributed by atoms with Crippen LogP contribution in [0.5, 0.6) is 5.75 Å². The lowest BCUT2D eigenvalue weighted by Crippen LogP contribution is -2.61. The van der Waals surface area contributed by atoms with Crippen LogP contribution in [0.4, 0.5) is 0 Å². The fourth-order valence-corrected chi connectivity index (χ4v) is 7.47. The number of primary amides is 3. The normalized spacial score (nSPS) is 16.2. The maximum Gasteiger partial charge on any atom is 0.246 e. The van der Waals surface area contributed by atoms with Crippen LogP contribution < -0.4 is 60.2 Å². The zero-order valence-corrected chi connectivity index (χ0v) is 39.9. The molecule has 0 aromatic heterocycles. The van der Waals surface area contributed by atoms with Crippen molar-refractivity contribution < 1.29 is 57.8 Å². The minimum Gasteiger partial charge on any atom is -0.508 e. The molecule has 8 atom stereocenters. The van der Waals surface area contributed by atoms with Gasteiger partial charge in [-0.2, -0.15) is 25.3 Å². The van der Waals surface area contributed by atoms with E-state index >= 15 is 0 Å². The topological polar surface area (TPSA) is 400 Å². The average molecular weight is 995 g/mol. The molecule has 0 unspecified atom stereocenters. The second kappa shape index (κ2) is 29.6. The lowest BCUT2D eigenvalue weighted by Gasteiger charge is -2.30. The molecule has 1 aromatic carbocycles. The van der Waals surface area contributed by atoms with Crippen molar-refractivity contribution in [3.8, 4) is 5.75 Å². The Morgan fingerprint density at radius 3 is 1.90 bits per heavy atom. The van der Waals surface area contributed by atoms with Crippen molar-refractivity contribution in [1.82, 2.24) is 42.1 Å². The van der Waals surface area contributed by atoms with Crippen molar-refractivity contribution in [2.45, 2.75) is 120 Å². The van der Waals surface area contributed by atoms with Crippen LogP contribution in [0.15, 0.2) is 24.3 Å². The number of carbonyl (C=O) groups is 11. The highest BCUT2D eigenvalue weighted by molar-refractivity contribution is 7.80. The third-order valence-electron chi connectivity index (χ3n) is 10.9. The van der Waals surface area contributed by atoms with Gasteiger partial charge < -0.3 is 70.2 Å². The van der Waals surface area contributed by atoms with Gasteiger partial charge in [0.25, 0.3) is 0 Å². The number of phenolic OH excluding ortho intramolecular Hbond substituents is 1. The molecule has 0 spiro atoms. The summed E-state index contributed by atoms with van der Waals surface area (Å²) in [5.74, 6) is -9.90. The quantitative estimate of drug-likeness (QED) is 0.0325. The summed E-state index contributed by atoms with van der Waals surface area (Å²) in [5, 5.41) is 27.2. The van der Waals surface area contributed by atoms with Gasteiger partial charge in [-0.3, -0.25) is 52.7 Å². The molecule has 378 valence electrons. The lowest BCUT2D eigenvalue weighted by atomic mass is 9.96. The van der Waals surface area contributed by atoms with E-state index in [4.69, 9.17) is 22.9 Å². The smallest absolute Gasteiger partial charge is 0.246 e. The van der Waals surface area contributed by atoms with Crippen LogP contribution in [0.25, 0.3) is 0 Å². The van der Waals surface area contributed by atoms with Gasteiger partial charge in [0.2, 0.25) is 65.0 Å². The van der Waals surface area contributed by atoms with Crippen molar-refractivity contribution in [2.75, 3.05) is 31.1 Å². The zero-order valence-electron chi connectivity index (χ0n) is 38.1. The highest BCUT2D eigenvalue weighted by atomic mass is 32.1. The second-order valence-corrected chi connectivity index (χ2v) is 17.1. The number of nitrogens with two attached hydrogens (primary N) is 4. The van der Waals surface area contributed by atoms with Gasteiger partial charge in [-0.15, -0.1) is 0 Å². The standard InChI is InChI=1S/C42H66N12O12S2/c1-3-22(2)35(53-39(63)27(48-34(59)14-17-67)18-23-8-10-24(55)11-9-23)41(65)50-26(12-13-31(44)56)37(61)51-28(19-32(45)57)38(62)52-29(21-68)42(66)54-16-5-7-30(54)40(64)49-25(6-4-15-43)36(60)47-20-33(46)58/h8-11,22,25-30,35,55,67-68H,3-7,12-21,43H2,1-2H3,(H2,44,56)(H2,45,57)(H2,46,58)(H,47,60)(H,48,59)(H,49,64)(H,50,65)(H,51,61)(H,52,62)(H,53,63)/t22-,25-,26-,27-,28-,29-,30-,35-/m0/s1. The van der Waals surface area contributed by atoms with Gasteiger partial charge in [-0.25, -0.2) is 0 Å². The second-order valence-electron chi connectivity index (χ2n) is 16.2. The number of nitrogens with one attached hydrogen (secondary N) is 7. The first-order chi connectivity index (χ1) is 32.1. The monoisotopic (exact) mass is 994 g/mol. The highest BCUT2D eigenvalue weighted by Crippen LogP contribution is 2.20. The molecule has 24 nitrogen and oxygen atoms in total. The molecule has 26 heteroatoms. The fraction of sp³-hybridized carbons (Fsp3) is 0.595. The Morgan fingerprint density at radius 2 is 1.32 bits per heavy atom. The van der Waals surface area contributed by atoms with E-state index in [9.17, 15) is 57.8 Å². The largest absolute Gasteiger partial charge is 0.508 e. The summed E-state index contributed by atoms with van der Waals surface area (Å²) in [4.78, 5) is 145. The van der Waals surface area contributed by atoms with Gasteiger partial charge >= 0.3 is 0 Å². The van der Waals surface area contributed by atoms with Crippen LogP contribution >= 0.6 is 25.3 Å². The third kappa shape index (κ3) is 19.6. The summed E-state index contributed by atoms with van der Waals surface area (Å²) in [6, 6.07) is -3.58. The van der Waals surface area contributed by atoms with E-state index in [1.165, 1.54) is 17.0 Å². The van der Waals surface area contributed by atoms with E-state index in [1.807, 2.05) is 0 Å². The molecular formula is C42H66N12O12S2. The summed E-state index contributed by atoms with van der Waals surface area (Å²) in [6.07, 6.45) is -0.364. The van der Waals surface area contributed by atoms with Crippen molar-refractivity contribution in [2.24, 2.45) is 28.9 Å². The maximum atomic E-state index is 14.0. The summed E-state index contributed by atoms with van der Waals surface area (Å²) in [7, 11) is 0. The highest BCUT2D eigenvalue weighted by Gasteiger charge is 2.40. The molecule has 1 saturated heterocycles. The number of aromatic hydroxyl groups is 1. The number of carbonyl (C=O) groups excluding carboxylic acids is 11. The van der Waals surface area contributed by atoms with E-state index in [1.54, 1.807) is 26.0 Å². The molecule has 0 saturated carbocycles. The number of hydrogen-bond acceptors (Lipinski definition) is 15. The van der Waals surface area contributed by atoms with Gasteiger partial charge in [-0.05, 0) is 68.0 Å². The first-order valence-corrected chi connectivity index (χ1v) is 23.4. The molecule has 1 heterocycles. The predicted molar refractivity (Wildman–Crippen MR) is 253 cm³/mol. The van der Waals surface area contributed by atoms with Crippen LogP contribution in [0.3, 0.4) is 0 Å². The minimum atomic E-state index is -1.75. The first-order valence-electron chi connectivity index (χ1n) is 22.1. The number of nitrogens with zero attached hydrogens (tertiary/aromatic N) is 1. The van der Waals surface area contributed by atoms with Crippen LogP contribution in [0.2, 0.25) is 0 Å². The molecular weight excluding hydrogens is 929 g/mol. The first kappa shape index (κ1) is 58.0. The van der Waals surface area contributed by atoms with Crippen molar-refractivity contribution in [1.29, 1.82) is 0 Å². The Bertz CT molecular complexity index is 1960. The molecule has 1 aromatic rings. The van der Waals surface area contributed by atoms with Crippen molar-refractivity contribution >= 4 is 90.2 Å². The number of hydrogen-bond donors (Lipinski definition) is 14. The SMILES string of the molecule is CC[C@H](C)[C@H](NC(=O)[C@H](Cc1ccc(O)cc1)NC(=O)CCS)C(=O)N[C@@H](CCC(N)=O)C(=O)N[C@@H](CC(N)=O)C(=O)N[C@@H](CS)C(=O)N1CCC[C@H]1C(=O)N[C@@H](CCCN)C(=O)NCC(N)=O.